The molecule has 0 bridgehead atoms. The molecule has 2 rings (SSSR count). The van der Waals surface area contributed by atoms with Crippen LogP contribution in [-0.2, 0) is 4.79 Å². The van der Waals surface area contributed by atoms with Crippen molar-refractivity contribution in [2.24, 2.45) is 0 Å². The van der Waals surface area contributed by atoms with Crippen molar-refractivity contribution < 1.29 is 18.0 Å². The van der Waals surface area contributed by atoms with Gasteiger partial charge in [0.1, 0.15) is 6.04 Å². The second-order valence-electron chi connectivity index (χ2n) is 5.39. The van der Waals surface area contributed by atoms with Crippen molar-refractivity contribution in [1.82, 2.24) is 15.5 Å². The van der Waals surface area contributed by atoms with Gasteiger partial charge in [0.2, 0.25) is 5.91 Å². The predicted molar refractivity (Wildman–Crippen MR) is 89.5 cm³/mol. The first-order valence-corrected chi connectivity index (χ1v) is 8.89. The Morgan fingerprint density at radius 3 is 2.50 bits per heavy atom. The largest absolute Gasteiger partial charge is 0.405 e. The number of halogens is 4. The molecular weight excluding hydrogens is 363 g/mol. The summed E-state index contributed by atoms with van der Waals surface area (Å²) in [5, 5.41) is 6.01. The Balaban J connectivity index is 1.81. The zero-order valence-corrected chi connectivity index (χ0v) is 14.5. The van der Waals surface area contributed by atoms with Crippen LogP contribution in [0, 0.1) is 0 Å². The van der Waals surface area contributed by atoms with Gasteiger partial charge in [-0.3, -0.25) is 9.69 Å². The SMILES string of the molecule is O=C(CSc1ccc(Cl)cc1)NCC(N1CCNCC1)C(F)(F)F. The van der Waals surface area contributed by atoms with E-state index in [0.717, 1.165) is 4.90 Å². The molecule has 134 valence electrons. The lowest BCUT2D eigenvalue weighted by Gasteiger charge is -2.35. The fourth-order valence-electron chi connectivity index (χ4n) is 2.39. The van der Waals surface area contributed by atoms with E-state index in [-0.39, 0.29) is 5.75 Å². The minimum Gasteiger partial charge on any atom is -0.353 e. The van der Waals surface area contributed by atoms with Crippen LogP contribution in [0.15, 0.2) is 29.2 Å². The van der Waals surface area contributed by atoms with Crippen LogP contribution in [0.3, 0.4) is 0 Å². The number of carbonyl (C=O) groups excluding carboxylic acids is 1. The first-order chi connectivity index (χ1) is 11.4. The highest BCUT2D eigenvalue weighted by molar-refractivity contribution is 8.00. The Morgan fingerprint density at radius 2 is 1.92 bits per heavy atom. The van der Waals surface area contributed by atoms with Crippen LogP contribution in [0.5, 0.6) is 0 Å². The standard InChI is InChI=1S/C15H19ClF3N3OS/c16-11-1-3-12(4-2-11)24-10-14(23)21-9-13(15(17,18)19)22-7-5-20-6-8-22/h1-4,13,20H,5-10H2,(H,21,23). The lowest BCUT2D eigenvalue weighted by atomic mass is 10.2. The fourth-order valence-corrected chi connectivity index (χ4v) is 3.24. The van der Waals surface area contributed by atoms with E-state index in [9.17, 15) is 18.0 Å². The monoisotopic (exact) mass is 381 g/mol. The van der Waals surface area contributed by atoms with Gasteiger partial charge in [0.05, 0.1) is 5.75 Å². The molecule has 9 heteroatoms. The topological polar surface area (TPSA) is 44.4 Å². The molecule has 1 atom stereocenters. The summed E-state index contributed by atoms with van der Waals surface area (Å²) in [6, 6.07) is 5.28. The predicted octanol–water partition coefficient (Wildman–Crippen LogP) is 2.38. The molecule has 1 unspecified atom stereocenters. The summed E-state index contributed by atoms with van der Waals surface area (Å²) in [6.45, 7) is 1.25. The zero-order valence-electron chi connectivity index (χ0n) is 12.9. The lowest BCUT2D eigenvalue weighted by molar-refractivity contribution is -0.183. The summed E-state index contributed by atoms with van der Waals surface area (Å²) < 4.78 is 39.6. The van der Waals surface area contributed by atoms with E-state index in [0.29, 0.717) is 31.2 Å². The summed E-state index contributed by atoms with van der Waals surface area (Å²) in [5.41, 5.74) is 0. The molecular formula is C15H19ClF3N3OS. The molecule has 1 fully saturated rings. The quantitative estimate of drug-likeness (QED) is 0.743. The number of rotatable bonds is 6. The molecule has 0 radical (unpaired) electrons. The van der Waals surface area contributed by atoms with Crippen molar-refractivity contribution in [2.75, 3.05) is 38.5 Å². The number of nitrogens with one attached hydrogen (secondary N) is 2. The summed E-state index contributed by atoms with van der Waals surface area (Å²) >= 11 is 7.03. The van der Waals surface area contributed by atoms with Gasteiger partial charge < -0.3 is 10.6 Å². The van der Waals surface area contributed by atoms with Crippen LogP contribution in [0.2, 0.25) is 5.02 Å². The van der Waals surface area contributed by atoms with Crippen molar-refractivity contribution in [1.29, 1.82) is 0 Å². The minimum atomic E-state index is -4.37. The van der Waals surface area contributed by atoms with E-state index < -0.39 is 24.7 Å². The molecule has 24 heavy (non-hydrogen) atoms. The Morgan fingerprint density at radius 1 is 1.29 bits per heavy atom. The molecule has 1 aromatic carbocycles. The van der Waals surface area contributed by atoms with E-state index in [4.69, 9.17) is 11.6 Å². The van der Waals surface area contributed by atoms with Gasteiger partial charge in [-0.2, -0.15) is 13.2 Å². The highest BCUT2D eigenvalue weighted by atomic mass is 35.5. The lowest BCUT2D eigenvalue weighted by Crippen LogP contribution is -2.57. The number of hydrogen-bond acceptors (Lipinski definition) is 4. The third kappa shape index (κ3) is 6.16. The number of piperazine rings is 1. The van der Waals surface area contributed by atoms with E-state index in [1.807, 2.05) is 0 Å². The van der Waals surface area contributed by atoms with Gasteiger partial charge in [0.15, 0.2) is 0 Å². The number of amides is 1. The maximum Gasteiger partial charge on any atom is 0.405 e. The van der Waals surface area contributed by atoms with E-state index in [1.54, 1.807) is 24.3 Å². The van der Waals surface area contributed by atoms with Crippen molar-refractivity contribution in [3.63, 3.8) is 0 Å². The van der Waals surface area contributed by atoms with Gasteiger partial charge in [-0.1, -0.05) is 11.6 Å². The van der Waals surface area contributed by atoms with Crippen molar-refractivity contribution in [3.05, 3.63) is 29.3 Å². The molecule has 1 saturated heterocycles. The highest BCUT2D eigenvalue weighted by Gasteiger charge is 2.43. The highest BCUT2D eigenvalue weighted by Crippen LogP contribution is 2.25. The summed E-state index contributed by atoms with van der Waals surface area (Å²) in [7, 11) is 0. The molecule has 1 aliphatic heterocycles. The van der Waals surface area contributed by atoms with Gasteiger partial charge in [-0.05, 0) is 24.3 Å². The Hall–Kier alpha value is -0.960. The van der Waals surface area contributed by atoms with E-state index in [2.05, 4.69) is 10.6 Å². The maximum atomic E-state index is 13.2. The molecule has 2 N–H and O–H groups in total. The number of carbonyl (C=O) groups is 1. The maximum absolute atomic E-state index is 13.2. The van der Waals surface area contributed by atoms with Crippen molar-refractivity contribution in [2.45, 2.75) is 17.1 Å². The van der Waals surface area contributed by atoms with Gasteiger partial charge in [0, 0.05) is 42.6 Å². The Kier molecular flexibility index (Phi) is 7.21. The molecule has 4 nitrogen and oxygen atoms in total. The molecule has 0 aromatic heterocycles. The first kappa shape index (κ1) is 19.4. The van der Waals surface area contributed by atoms with Crippen LogP contribution in [-0.4, -0.2) is 61.5 Å². The molecule has 1 aromatic rings. The average molecular weight is 382 g/mol. The molecule has 1 amide bonds. The van der Waals surface area contributed by atoms with Crippen LogP contribution in [0.1, 0.15) is 0 Å². The fraction of sp³-hybridized carbons (Fsp3) is 0.533. The molecule has 0 aliphatic carbocycles. The van der Waals surface area contributed by atoms with Crippen LogP contribution in [0.25, 0.3) is 0 Å². The summed E-state index contributed by atoms with van der Waals surface area (Å²) in [4.78, 5) is 14.0. The smallest absolute Gasteiger partial charge is 0.353 e. The van der Waals surface area contributed by atoms with Gasteiger partial charge in [-0.15, -0.1) is 11.8 Å². The molecule has 1 aliphatic rings. The van der Waals surface area contributed by atoms with Gasteiger partial charge in [-0.25, -0.2) is 0 Å². The second kappa shape index (κ2) is 8.94. The number of thioether (sulfide) groups is 1. The molecule has 1 heterocycles. The molecule has 0 spiro atoms. The first-order valence-electron chi connectivity index (χ1n) is 7.53. The normalized spacial score (nSPS) is 17.5. The van der Waals surface area contributed by atoms with Crippen molar-refractivity contribution >= 4 is 29.3 Å². The van der Waals surface area contributed by atoms with E-state index in [1.165, 1.54) is 16.7 Å². The third-order valence-electron chi connectivity index (χ3n) is 3.65. The zero-order chi connectivity index (χ0) is 17.6. The minimum absolute atomic E-state index is 0.0633. The number of benzene rings is 1. The Bertz CT molecular complexity index is 536. The summed E-state index contributed by atoms with van der Waals surface area (Å²) in [6.07, 6.45) is -4.37. The third-order valence-corrected chi connectivity index (χ3v) is 4.91. The van der Waals surface area contributed by atoms with Gasteiger partial charge in [0.25, 0.3) is 0 Å². The number of hydrogen-bond donors (Lipinski definition) is 2. The van der Waals surface area contributed by atoms with Crippen molar-refractivity contribution in [3.8, 4) is 0 Å². The second-order valence-corrected chi connectivity index (χ2v) is 6.88. The average Bonchev–Trinajstić information content (AvgIpc) is 2.54. The van der Waals surface area contributed by atoms with Crippen LogP contribution < -0.4 is 10.6 Å². The summed E-state index contributed by atoms with van der Waals surface area (Å²) in [5.74, 6) is -0.354. The van der Waals surface area contributed by atoms with E-state index >= 15 is 0 Å². The van der Waals surface area contributed by atoms with Crippen LogP contribution >= 0.6 is 23.4 Å². The Labute approximate surface area is 148 Å². The number of alkyl halides is 3. The molecule has 0 saturated carbocycles. The van der Waals surface area contributed by atoms with Gasteiger partial charge >= 0.3 is 6.18 Å². The number of nitrogens with zero attached hydrogens (tertiary/aromatic N) is 1. The van der Waals surface area contributed by atoms with Crippen LogP contribution in [0.4, 0.5) is 13.2 Å².